The molecule has 0 amide bonds. The van der Waals surface area contributed by atoms with Gasteiger partial charge in [0.15, 0.2) is 0 Å². The van der Waals surface area contributed by atoms with E-state index >= 15 is 0 Å². The molecule has 2 atom stereocenters. The highest BCUT2D eigenvalue weighted by Gasteiger charge is 2.60. The quantitative estimate of drug-likeness (QED) is 0.646. The molecule has 0 aromatic carbocycles. The van der Waals surface area contributed by atoms with Crippen LogP contribution in [0.2, 0.25) is 0 Å². The molecule has 1 heterocycles. The zero-order valence-corrected chi connectivity index (χ0v) is 9.81. The smallest absolute Gasteiger partial charge is 0.309 e. The fourth-order valence-electron chi connectivity index (χ4n) is 3.23. The van der Waals surface area contributed by atoms with E-state index in [1.807, 2.05) is 0 Å². The van der Waals surface area contributed by atoms with Crippen LogP contribution in [0.15, 0.2) is 6.20 Å². The SMILES string of the molecule is Cc1nn(C2CC3C(C2)C3C(=O)O)cc1[N+](=O)[O-]. The van der Waals surface area contributed by atoms with E-state index in [9.17, 15) is 14.9 Å². The highest BCUT2D eigenvalue weighted by molar-refractivity contribution is 5.74. The van der Waals surface area contributed by atoms with Crippen molar-refractivity contribution in [3.8, 4) is 0 Å². The molecule has 0 spiro atoms. The predicted molar refractivity (Wildman–Crippen MR) is 60.0 cm³/mol. The number of rotatable bonds is 3. The van der Waals surface area contributed by atoms with Gasteiger partial charge in [0.1, 0.15) is 11.9 Å². The van der Waals surface area contributed by atoms with Crippen molar-refractivity contribution in [3.63, 3.8) is 0 Å². The van der Waals surface area contributed by atoms with Crippen LogP contribution in [0.1, 0.15) is 24.6 Å². The van der Waals surface area contributed by atoms with E-state index in [4.69, 9.17) is 5.11 Å². The molecule has 96 valence electrons. The summed E-state index contributed by atoms with van der Waals surface area (Å²) < 4.78 is 1.64. The maximum Gasteiger partial charge on any atom is 0.309 e. The van der Waals surface area contributed by atoms with E-state index in [0.29, 0.717) is 5.69 Å². The van der Waals surface area contributed by atoms with Gasteiger partial charge < -0.3 is 5.11 Å². The van der Waals surface area contributed by atoms with Gasteiger partial charge in [0, 0.05) is 0 Å². The minimum atomic E-state index is -0.717. The van der Waals surface area contributed by atoms with Crippen molar-refractivity contribution in [1.82, 2.24) is 9.78 Å². The van der Waals surface area contributed by atoms with Gasteiger partial charge in [-0.05, 0) is 31.6 Å². The number of aliphatic carboxylic acids is 1. The first-order valence-electron chi connectivity index (χ1n) is 5.92. The number of aryl methyl sites for hydroxylation is 1. The third kappa shape index (κ3) is 1.50. The van der Waals surface area contributed by atoms with Gasteiger partial charge in [-0.15, -0.1) is 0 Å². The fraction of sp³-hybridized carbons (Fsp3) is 0.636. The molecule has 2 unspecified atom stereocenters. The lowest BCUT2D eigenvalue weighted by Crippen LogP contribution is -2.12. The van der Waals surface area contributed by atoms with Crippen molar-refractivity contribution in [2.75, 3.05) is 0 Å². The summed E-state index contributed by atoms with van der Waals surface area (Å²) in [6.45, 7) is 1.62. The average Bonchev–Trinajstić information content (AvgIpc) is 2.67. The maximum absolute atomic E-state index is 10.9. The monoisotopic (exact) mass is 251 g/mol. The Labute approximate surface area is 103 Å². The van der Waals surface area contributed by atoms with E-state index in [0.717, 1.165) is 12.8 Å². The van der Waals surface area contributed by atoms with Gasteiger partial charge in [-0.3, -0.25) is 19.6 Å². The second-order valence-electron chi connectivity index (χ2n) is 5.15. The molecule has 1 N–H and O–H groups in total. The van der Waals surface area contributed by atoms with Crippen LogP contribution < -0.4 is 0 Å². The van der Waals surface area contributed by atoms with Crippen LogP contribution in [0.5, 0.6) is 0 Å². The number of carboxylic acid groups (broad SMARTS) is 1. The van der Waals surface area contributed by atoms with Crippen molar-refractivity contribution >= 4 is 11.7 Å². The molecule has 2 aliphatic rings. The van der Waals surface area contributed by atoms with Gasteiger partial charge in [-0.25, -0.2) is 0 Å². The van der Waals surface area contributed by atoms with Crippen molar-refractivity contribution in [2.45, 2.75) is 25.8 Å². The van der Waals surface area contributed by atoms with E-state index in [-0.39, 0.29) is 29.5 Å². The number of carbonyl (C=O) groups is 1. The second kappa shape index (κ2) is 3.54. The maximum atomic E-state index is 10.9. The molecule has 1 aromatic rings. The molecule has 0 bridgehead atoms. The Bertz CT molecular complexity index is 526. The van der Waals surface area contributed by atoms with E-state index in [1.54, 1.807) is 11.6 Å². The first kappa shape index (κ1) is 11.2. The molecule has 18 heavy (non-hydrogen) atoms. The Hall–Kier alpha value is -1.92. The summed E-state index contributed by atoms with van der Waals surface area (Å²) in [5.74, 6) is -0.453. The van der Waals surface area contributed by atoms with Crippen molar-refractivity contribution < 1.29 is 14.8 Å². The largest absolute Gasteiger partial charge is 0.481 e. The molecular weight excluding hydrogens is 238 g/mol. The number of nitrogens with zero attached hydrogens (tertiary/aromatic N) is 3. The van der Waals surface area contributed by atoms with Crippen molar-refractivity contribution in [3.05, 3.63) is 22.0 Å². The van der Waals surface area contributed by atoms with Crippen molar-refractivity contribution in [1.29, 1.82) is 0 Å². The van der Waals surface area contributed by atoms with Crippen LogP contribution in [0.3, 0.4) is 0 Å². The van der Waals surface area contributed by atoms with E-state index in [1.165, 1.54) is 6.20 Å². The number of carboxylic acids is 1. The molecule has 3 rings (SSSR count). The average molecular weight is 251 g/mol. The van der Waals surface area contributed by atoms with Crippen LogP contribution in [0.4, 0.5) is 5.69 Å². The lowest BCUT2D eigenvalue weighted by molar-refractivity contribution is -0.385. The minimum absolute atomic E-state index is 0.0327. The standard InChI is InChI=1S/C11H13N3O4/c1-5-9(14(17)18)4-13(12-5)6-2-7-8(3-6)10(7)11(15)16/h4,6-8,10H,2-3H2,1H3,(H,15,16). The highest BCUT2D eigenvalue weighted by Crippen LogP contribution is 2.60. The Morgan fingerprint density at radius 2 is 2.17 bits per heavy atom. The first-order valence-corrected chi connectivity index (χ1v) is 5.92. The molecular formula is C11H13N3O4. The lowest BCUT2D eigenvalue weighted by atomic mass is 10.1. The van der Waals surface area contributed by atoms with Crippen LogP contribution in [0.25, 0.3) is 0 Å². The summed E-state index contributed by atoms with van der Waals surface area (Å²) in [4.78, 5) is 21.2. The summed E-state index contributed by atoms with van der Waals surface area (Å²) in [5.41, 5.74) is 0.445. The van der Waals surface area contributed by atoms with Crippen LogP contribution in [0, 0.1) is 34.8 Å². The van der Waals surface area contributed by atoms with Crippen molar-refractivity contribution in [2.24, 2.45) is 17.8 Å². The molecule has 2 fully saturated rings. The predicted octanol–water partition coefficient (Wildman–Crippen LogP) is 1.38. The summed E-state index contributed by atoms with van der Waals surface area (Å²) in [6.07, 6.45) is 2.99. The fourth-order valence-corrected chi connectivity index (χ4v) is 3.23. The molecule has 7 nitrogen and oxygen atoms in total. The molecule has 0 saturated heterocycles. The number of hydrogen-bond donors (Lipinski definition) is 1. The van der Waals surface area contributed by atoms with Gasteiger partial charge in [-0.1, -0.05) is 0 Å². The summed E-state index contributed by atoms with van der Waals surface area (Å²) in [6, 6.07) is 0.114. The topological polar surface area (TPSA) is 98.3 Å². The molecule has 0 radical (unpaired) electrons. The number of hydrogen-bond acceptors (Lipinski definition) is 4. The lowest BCUT2D eigenvalue weighted by Gasteiger charge is -2.12. The third-order valence-corrected chi connectivity index (χ3v) is 4.17. The Morgan fingerprint density at radius 1 is 1.56 bits per heavy atom. The molecule has 2 aliphatic carbocycles. The Kier molecular flexibility index (Phi) is 2.20. The van der Waals surface area contributed by atoms with Gasteiger partial charge in [0.25, 0.3) is 0 Å². The van der Waals surface area contributed by atoms with E-state index in [2.05, 4.69) is 5.10 Å². The number of aromatic nitrogens is 2. The minimum Gasteiger partial charge on any atom is -0.481 e. The first-order chi connectivity index (χ1) is 8.49. The van der Waals surface area contributed by atoms with Gasteiger partial charge in [-0.2, -0.15) is 5.10 Å². The van der Waals surface area contributed by atoms with Crippen LogP contribution in [-0.4, -0.2) is 25.8 Å². The second-order valence-corrected chi connectivity index (χ2v) is 5.15. The van der Waals surface area contributed by atoms with Gasteiger partial charge in [0.05, 0.1) is 16.9 Å². The zero-order chi connectivity index (χ0) is 13.0. The summed E-state index contributed by atoms with van der Waals surface area (Å²) >= 11 is 0. The highest BCUT2D eigenvalue weighted by atomic mass is 16.6. The third-order valence-electron chi connectivity index (χ3n) is 4.17. The molecule has 1 aromatic heterocycles. The Balaban J connectivity index is 1.74. The molecule has 0 aliphatic heterocycles. The number of fused-ring (bicyclic) bond motifs is 1. The van der Waals surface area contributed by atoms with E-state index < -0.39 is 10.9 Å². The van der Waals surface area contributed by atoms with Crippen LogP contribution in [-0.2, 0) is 4.79 Å². The zero-order valence-electron chi connectivity index (χ0n) is 9.81. The van der Waals surface area contributed by atoms with Crippen LogP contribution >= 0.6 is 0 Å². The van der Waals surface area contributed by atoms with Gasteiger partial charge >= 0.3 is 11.7 Å². The van der Waals surface area contributed by atoms with Gasteiger partial charge in [0.2, 0.25) is 0 Å². The number of nitro groups is 1. The molecule has 2 saturated carbocycles. The summed E-state index contributed by atoms with van der Waals surface area (Å²) in [5, 5.41) is 23.8. The molecule has 7 heteroatoms. The summed E-state index contributed by atoms with van der Waals surface area (Å²) in [7, 11) is 0. The normalized spacial score (nSPS) is 33.2. The Morgan fingerprint density at radius 3 is 2.61 bits per heavy atom.